The smallest absolute Gasteiger partial charge is 0.225 e. The molecular weight excluding hydrogens is 350 g/mol. The van der Waals surface area contributed by atoms with Crippen molar-refractivity contribution in [1.82, 2.24) is 15.1 Å². The molecule has 1 aromatic rings. The molecule has 0 unspecified atom stereocenters. The number of rotatable bonds is 6. The number of benzene rings is 1. The second-order valence-electron chi connectivity index (χ2n) is 8.70. The largest absolute Gasteiger partial charge is 0.352 e. The molecule has 1 aliphatic carbocycles. The standard InChI is InChI=1S/C23H33N3O2/c27-22(18-10-14-26(15-11-18)23(28)19-8-9-19)24-16-20-6-2-3-7-21(20)17-25-12-4-1-5-13-25/h2-3,6-7,18-19H,1,4-5,8-17H2,(H,24,27). The summed E-state index contributed by atoms with van der Waals surface area (Å²) < 4.78 is 0. The number of piperidine rings is 2. The lowest BCUT2D eigenvalue weighted by atomic mass is 9.95. The highest BCUT2D eigenvalue weighted by Crippen LogP contribution is 2.32. The second-order valence-corrected chi connectivity index (χ2v) is 8.70. The molecule has 0 atom stereocenters. The zero-order valence-electron chi connectivity index (χ0n) is 16.9. The summed E-state index contributed by atoms with van der Waals surface area (Å²) >= 11 is 0. The maximum atomic E-state index is 12.7. The highest BCUT2D eigenvalue weighted by Gasteiger charge is 2.35. The number of likely N-dealkylation sites (tertiary alicyclic amines) is 2. The van der Waals surface area contributed by atoms with Gasteiger partial charge in [0.25, 0.3) is 0 Å². The molecule has 1 N–H and O–H groups in total. The van der Waals surface area contributed by atoms with Crippen LogP contribution in [0.2, 0.25) is 0 Å². The van der Waals surface area contributed by atoms with E-state index in [-0.39, 0.29) is 17.7 Å². The number of amides is 2. The zero-order valence-corrected chi connectivity index (χ0v) is 16.9. The molecule has 2 aliphatic heterocycles. The maximum absolute atomic E-state index is 12.7. The van der Waals surface area contributed by atoms with Crippen molar-refractivity contribution >= 4 is 11.8 Å². The van der Waals surface area contributed by atoms with E-state index < -0.39 is 0 Å². The summed E-state index contributed by atoms with van der Waals surface area (Å²) in [5.41, 5.74) is 2.55. The van der Waals surface area contributed by atoms with Crippen molar-refractivity contribution in [3.8, 4) is 0 Å². The number of nitrogens with zero attached hydrogens (tertiary/aromatic N) is 2. The van der Waals surface area contributed by atoms with Crippen LogP contribution >= 0.6 is 0 Å². The molecule has 3 fully saturated rings. The van der Waals surface area contributed by atoms with Gasteiger partial charge in [0.1, 0.15) is 0 Å². The van der Waals surface area contributed by atoms with Gasteiger partial charge in [0.15, 0.2) is 0 Å². The summed E-state index contributed by atoms with van der Waals surface area (Å²) in [7, 11) is 0. The Morgan fingerprint density at radius 3 is 2.21 bits per heavy atom. The summed E-state index contributed by atoms with van der Waals surface area (Å²) in [6.45, 7) is 5.41. The highest BCUT2D eigenvalue weighted by atomic mass is 16.2. The molecule has 152 valence electrons. The van der Waals surface area contributed by atoms with E-state index in [0.29, 0.717) is 12.5 Å². The Morgan fingerprint density at radius 1 is 0.857 bits per heavy atom. The zero-order chi connectivity index (χ0) is 19.3. The van der Waals surface area contributed by atoms with Crippen molar-refractivity contribution < 1.29 is 9.59 Å². The average Bonchev–Trinajstić information content (AvgIpc) is 3.59. The molecule has 28 heavy (non-hydrogen) atoms. The molecule has 0 aromatic heterocycles. The van der Waals surface area contributed by atoms with E-state index >= 15 is 0 Å². The molecule has 4 rings (SSSR count). The Bertz CT molecular complexity index is 687. The topological polar surface area (TPSA) is 52.7 Å². The van der Waals surface area contributed by atoms with E-state index in [4.69, 9.17) is 0 Å². The van der Waals surface area contributed by atoms with Gasteiger partial charge in [-0.3, -0.25) is 14.5 Å². The first-order valence-corrected chi connectivity index (χ1v) is 11.1. The van der Waals surface area contributed by atoms with Gasteiger partial charge >= 0.3 is 0 Å². The fraction of sp³-hybridized carbons (Fsp3) is 0.652. The Hall–Kier alpha value is -1.88. The first-order valence-electron chi connectivity index (χ1n) is 11.1. The van der Waals surface area contributed by atoms with Gasteiger partial charge in [0, 0.05) is 38.0 Å². The minimum absolute atomic E-state index is 0.0394. The minimum atomic E-state index is 0.0394. The molecule has 0 radical (unpaired) electrons. The van der Waals surface area contributed by atoms with Crippen molar-refractivity contribution in [3.05, 3.63) is 35.4 Å². The van der Waals surface area contributed by atoms with E-state index in [1.165, 1.54) is 43.5 Å². The molecule has 1 saturated carbocycles. The average molecular weight is 384 g/mol. The summed E-state index contributed by atoms with van der Waals surface area (Å²) in [5, 5.41) is 3.16. The Balaban J connectivity index is 1.26. The van der Waals surface area contributed by atoms with Gasteiger partial charge in [-0.05, 0) is 62.7 Å². The number of hydrogen-bond donors (Lipinski definition) is 1. The SMILES string of the molecule is O=C(NCc1ccccc1CN1CCCCC1)C1CCN(C(=O)C2CC2)CC1. The molecule has 2 saturated heterocycles. The molecular formula is C23H33N3O2. The lowest BCUT2D eigenvalue weighted by molar-refractivity contribution is -0.136. The summed E-state index contributed by atoms with van der Waals surface area (Å²) in [4.78, 5) is 29.3. The summed E-state index contributed by atoms with van der Waals surface area (Å²) in [6.07, 6.45) is 7.62. The van der Waals surface area contributed by atoms with Gasteiger partial charge < -0.3 is 10.2 Å². The third kappa shape index (κ3) is 4.93. The monoisotopic (exact) mass is 383 g/mol. The number of nitrogens with one attached hydrogen (secondary N) is 1. The van der Waals surface area contributed by atoms with E-state index in [1.54, 1.807) is 0 Å². The van der Waals surface area contributed by atoms with Gasteiger partial charge in [-0.1, -0.05) is 30.7 Å². The summed E-state index contributed by atoms with van der Waals surface area (Å²) in [5.74, 6) is 0.774. The number of hydrogen-bond acceptors (Lipinski definition) is 3. The first-order chi connectivity index (χ1) is 13.7. The second kappa shape index (κ2) is 9.08. The van der Waals surface area contributed by atoms with Crippen LogP contribution in [0, 0.1) is 11.8 Å². The molecule has 5 nitrogen and oxygen atoms in total. The lowest BCUT2D eigenvalue weighted by Gasteiger charge is -2.31. The Labute approximate surface area is 168 Å². The van der Waals surface area contributed by atoms with Crippen LogP contribution in [0.5, 0.6) is 0 Å². The molecule has 3 aliphatic rings. The van der Waals surface area contributed by atoms with Crippen LogP contribution in [0.3, 0.4) is 0 Å². The fourth-order valence-electron chi connectivity index (χ4n) is 4.52. The number of carbonyl (C=O) groups excluding carboxylic acids is 2. The molecule has 2 amide bonds. The normalized spacial score (nSPS) is 21.5. The molecule has 0 bridgehead atoms. The Kier molecular flexibility index (Phi) is 6.30. The predicted molar refractivity (Wildman–Crippen MR) is 109 cm³/mol. The van der Waals surface area contributed by atoms with Gasteiger partial charge in [-0.25, -0.2) is 0 Å². The highest BCUT2D eigenvalue weighted by molar-refractivity contribution is 5.82. The van der Waals surface area contributed by atoms with Crippen LogP contribution in [0.15, 0.2) is 24.3 Å². The molecule has 5 heteroatoms. The van der Waals surface area contributed by atoms with Crippen LogP contribution < -0.4 is 5.32 Å². The van der Waals surface area contributed by atoms with Crippen LogP contribution in [0.1, 0.15) is 56.1 Å². The maximum Gasteiger partial charge on any atom is 0.225 e. The first kappa shape index (κ1) is 19.4. The van der Waals surface area contributed by atoms with Crippen molar-refractivity contribution in [2.75, 3.05) is 26.2 Å². The van der Waals surface area contributed by atoms with Crippen molar-refractivity contribution in [1.29, 1.82) is 0 Å². The third-order valence-corrected chi connectivity index (χ3v) is 6.52. The predicted octanol–water partition coefficient (Wildman–Crippen LogP) is 2.94. The van der Waals surface area contributed by atoms with E-state index in [0.717, 1.165) is 45.3 Å². The van der Waals surface area contributed by atoms with Crippen molar-refractivity contribution in [2.24, 2.45) is 11.8 Å². The quantitative estimate of drug-likeness (QED) is 0.822. The van der Waals surface area contributed by atoms with Crippen LogP contribution in [-0.2, 0) is 22.7 Å². The van der Waals surface area contributed by atoms with Gasteiger partial charge in [-0.15, -0.1) is 0 Å². The van der Waals surface area contributed by atoms with Gasteiger partial charge in [0.2, 0.25) is 11.8 Å². The number of carbonyl (C=O) groups is 2. The lowest BCUT2D eigenvalue weighted by Crippen LogP contribution is -2.43. The minimum Gasteiger partial charge on any atom is -0.352 e. The Morgan fingerprint density at radius 2 is 1.54 bits per heavy atom. The molecule has 0 spiro atoms. The van der Waals surface area contributed by atoms with Gasteiger partial charge in [-0.2, -0.15) is 0 Å². The van der Waals surface area contributed by atoms with Crippen molar-refractivity contribution in [2.45, 2.75) is 58.0 Å². The van der Waals surface area contributed by atoms with E-state index in [1.807, 2.05) is 4.90 Å². The molecule has 1 aromatic carbocycles. The van der Waals surface area contributed by atoms with Crippen molar-refractivity contribution in [3.63, 3.8) is 0 Å². The van der Waals surface area contributed by atoms with Crippen LogP contribution in [0.25, 0.3) is 0 Å². The summed E-state index contributed by atoms with van der Waals surface area (Å²) in [6, 6.07) is 8.48. The van der Waals surface area contributed by atoms with Crippen LogP contribution in [0.4, 0.5) is 0 Å². The fourth-order valence-corrected chi connectivity index (χ4v) is 4.52. The van der Waals surface area contributed by atoms with Crippen LogP contribution in [-0.4, -0.2) is 47.8 Å². The van der Waals surface area contributed by atoms with Gasteiger partial charge in [0.05, 0.1) is 0 Å². The van der Waals surface area contributed by atoms with E-state index in [2.05, 4.69) is 34.5 Å². The molecule has 2 heterocycles. The van der Waals surface area contributed by atoms with E-state index in [9.17, 15) is 9.59 Å². The third-order valence-electron chi connectivity index (χ3n) is 6.52.